The Bertz CT molecular complexity index is 801. The number of para-hydroxylation sites is 1. The number of ether oxygens (including phenoxy) is 1. The summed E-state index contributed by atoms with van der Waals surface area (Å²) in [5, 5.41) is 2.74. The van der Waals surface area contributed by atoms with Gasteiger partial charge in [0, 0.05) is 30.9 Å². The third-order valence-electron chi connectivity index (χ3n) is 5.01. The predicted molar refractivity (Wildman–Crippen MR) is 98.3 cm³/mol. The molecule has 0 spiro atoms. The molecule has 5 nitrogen and oxygen atoms in total. The van der Waals surface area contributed by atoms with Crippen molar-refractivity contribution >= 4 is 17.3 Å². The van der Waals surface area contributed by atoms with E-state index in [1.165, 1.54) is 6.07 Å². The topological polar surface area (TPSA) is 54.5 Å². The van der Waals surface area contributed by atoms with Crippen LogP contribution in [0.25, 0.3) is 0 Å². The van der Waals surface area contributed by atoms with E-state index in [1.54, 1.807) is 24.4 Å². The van der Waals surface area contributed by atoms with Crippen LogP contribution in [0.15, 0.2) is 36.5 Å². The van der Waals surface area contributed by atoms with Crippen molar-refractivity contribution in [3.05, 3.63) is 47.9 Å². The van der Waals surface area contributed by atoms with Gasteiger partial charge in [0.05, 0.1) is 5.69 Å². The largest absolute Gasteiger partial charge is 0.474 e. The van der Waals surface area contributed by atoms with Gasteiger partial charge in [-0.3, -0.25) is 4.79 Å². The van der Waals surface area contributed by atoms with Gasteiger partial charge in [0.1, 0.15) is 17.6 Å². The van der Waals surface area contributed by atoms with Gasteiger partial charge in [0.2, 0.25) is 5.88 Å². The molecular weight excluding hydrogens is 333 g/mol. The molecule has 0 bridgehead atoms. The molecule has 1 saturated heterocycles. The van der Waals surface area contributed by atoms with Crippen molar-refractivity contribution < 1.29 is 13.9 Å². The quantitative estimate of drug-likeness (QED) is 0.881. The predicted octanol–water partition coefficient (Wildman–Crippen LogP) is 4.00. The minimum Gasteiger partial charge on any atom is -0.474 e. The van der Waals surface area contributed by atoms with E-state index in [9.17, 15) is 9.18 Å². The lowest BCUT2D eigenvalue weighted by Gasteiger charge is -2.25. The first-order valence-corrected chi connectivity index (χ1v) is 9.18. The zero-order chi connectivity index (χ0) is 17.9. The Morgan fingerprint density at radius 2 is 2.00 bits per heavy atom. The molecule has 1 aliphatic heterocycles. The van der Waals surface area contributed by atoms with Gasteiger partial charge in [0.25, 0.3) is 5.91 Å². The van der Waals surface area contributed by atoms with Crippen molar-refractivity contribution in [3.63, 3.8) is 0 Å². The van der Waals surface area contributed by atoms with Gasteiger partial charge >= 0.3 is 0 Å². The Labute approximate surface area is 152 Å². The van der Waals surface area contributed by atoms with Gasteiger partial charge in [-0.05, 0) is 50.3 Å². The van der Waals surface area contributed by atoms with Gasteiger partial charge in [0.15, 0.2) is 0 Å². The van der Waals surface area contributed by atoms with Gasteiger partial charge in [-0.15, -0.1) is 0 Å². The number of amides is 1. The molecule has 1 saturated carbocycles. The van der Waals surface area contributed by atoms with E-state index >= 15 is 0 Å². The fourth-order valence-electron chi connectivity index (χ4n) is 3.32. The first-order chi connectivity index (χ1) is 12.7. The SMILES string of the molecule is O=C(Nc1c(F)cccc1N1CCCC1)c1ccnc(OC2CCC2)c1. The minimum atomic E-state index is -0.428. The highest BCUT2D eigenvalue weighted by Crippen LogP contribution is 2.32. The molecule has 2 heterocycles. The summed E-state index contributed by atoms with van der Waals surface area (Å²) in [7, 11) is 0. The number of hydrogen-bond acceptors (Lipinski definition) is 4. The van der Waals surface area contributed by atoms with Crippen molar-refractivity contribution in [3.8, 4) is 5.88 Å². The Hall–Kier alpha value is -2.63. The summed E-state index contributed by atoms with van der Waals surface area (Å²) in [4.78, 5) is 18.9. The van der Waals surface area contributed by atoms with Crippen LogP contribution in [-0.2, 0) is 0 Å². The maximum Gasteiger partial charge on any atom is 0.256 e. The fraction of sp³-hybridized carbons (Fsp3) is 0.400. The Kier molecular flexibility index (Phi) is 4.73. The normalized spacial score (nSPS) is 17.0. The minimum absolute atomic E-state index is 0.189. The van der Waals surface area contributed by atoms with Gasteiger partial charge < -0.3 is 15.0 Å². The molecule has 1 amide bonds. The van der Waals surface area contributed by atoms with Crippen LogP contribution in [0.5, 0.6) is 5.88 Å². The van der Waals surface area contributed by atoms with E-state index in [-0.39, 0.29) is 17.7 Å². The standard InChI is InChI=1S/C20H22FN3O2/c21-16-7-4-8-17(24-11-1-2-12-24)19(16)23-20(25)14-9-10-22-18(13-14)26-15-5-3-6-15/h4,7-10,13,15H,1-3,5-6,11-12H2,(H,23,25). The molecule has 1 aliphatic carbocycles. The number of aromatic nitrogens is 1. The van der Waals surface area contributed by atoms with Crippen LogP contribution in [0.3, 0.4) is 0 Å². The average molecular weight is 355 g/mol. The number of benzene rings is 1. The number of hydrogen-bond donors (Lipinski definition) is 1. The number of carbonyl (C=O) groups excluding carboxylic acids is 1. The first kappa shape index (κ1) is 16.8. The summed E-state index contributed by atoms with van der Waals surface area (Å²) in [5.74, 6) is -0.352. The molecule has 26 heavy (non-hydrogen) atoms. The van der Waals surface area contributed by atoms with Crippen molar-refractivity contribution in [2.45, 2.75) is 38.2 Å². The second-order valence-electron chi connectivity index (χ2n) is 6.84. The van der Waals surface area contributed by atoms with Crippen molar-refractivity contribution in [1.82, 2.24) is 4.98 Å². The van der Waals surface area contributed by atoms with Gasteiger partial charge in [-0.2, -0.15) is 0 Å². The second kappa shape index (κ2) is 7.32. The van der Waals surface area contributed by atoms with E-state index in [0.717, 1.165) is 50.9 Å². The molecule has 0 atom stereocenters. The van der Waals surface area contributed by atoms with Crippen molar-refractivity contribution in [2.24, 2.45) is 0 Å². The van der Waals surface area contributed by atoms with Gasteiger partial charge in [-0.25, -0.2) is 9.37 Å². The third kappa shape index (κ3) is 3.49. The van der Waals surface area contributed by atoms with Crippen LogP contribution in [0.4, 0.5) is 15.8 Å². The monoisotopic (exact) mass is 355 g/mol. The molecule has 1 aromatic carbocycles. The maximum atomic E-state index is 14.4. The van der Waals surface area contributed by atoms with Crippen LogP contribution in [-0.4, -0.2) is 30.1 Å². The van der Waals surface area contributed by atoms with E-state index < -0.39 is 5.82 Å². The molecule has 4 rings (SSSR count). The van der Waals surface area contributed by atoms with Crippen molar-refractivity contribution in [1.29, 1.82) is 0 Å². The van der Waals surface area contributed by atoms with Crippen LogP contribution in [0.1, 0.15) is 42.5 Å². The average Bonchev–Trinajstić information content (AvgIpc) is 3.14. The molecule has 2 aromatic rings. The highest BCUT2D eigenvalue weighted by Gasteiger charge is 2.22. The summed E-state index contributed by atoms with van der Waals surface area (Å²) >= 11 is 0. The number of nitrogens with zero attached hydrogens (tertiary/aromatic N) is 2. The van der Waals surface area contributed by atoms with E-state index in [2.05, 4.69) is 15.2 Å². The van der Waals surface area contributed by atoms with Crippen molar-refractivity contribution in [2.75, 3.05) is 23.3 Å². The number of halogens is 1. The summed E-state index contributed by atoms with van der Waals surface area (Å²) in [6.07, 6.45) is 7.10. The second-order valence-corrected chi connectivity index (χ2v) is 6.84. The summed E-state index contributed by atoms with van der Waals surface area (Å²) in [6.45, 7) is 1.75. The Morgan fingerprint density at radius 3 is 2.73 bits per heavy atom. The highest BCUT2D eigenvalue weighted by atomic mass is 19.1. The summed E-state index contributed by atoms with van der Waals surface area (Å²) in [5.41, 5.74) is 1.37. The van der Waals surface area contributed by atoms with Crippen LogP contribution in [0, 0.1) is 5.82 Å². The Balaban J connectivity index is 1.53. The molecule has 0 radical (unpaired) electrons. The Morgan fingerprint density at radius 1 is 1.19 bits per heavy atom. The van der Waals surface area contributed by atoms with E-state index in [4.69, 9.17) is 4.74 Å². The molecule has 2 aliphatic rings. The molecule has 1 N–H and O–H groups in total. The molecule has 2 fully saturated rings. The van der Waals surface area contributed by atoms with Crippen LogP contribution < -0.4 is 15.0 Å². The number of rotatable bonds is 5. The zero-order valence-corrected chi connectivity index (χ0v) is 14.6. The summed E-state index contributed by atoms with van der Waals surface area (Å²) < 4.78 is 20.2. The third-order valence-corrected chi connectivity index (χ3v) is 5.01. The lowest BCUT2D eigenvalue weighted by molar-refractivity contribution is 0.101. The van der Waals surface area contributed by atoms with E-state index in [0.29, 0.717) is 11.4 Å². The molecule has 6 heteroatoms. The molecule has 136 valence electrons. The lowest BCUT2D eigenvalue weighted by atomic mass is 9.96. The number of pyridine rings is 1. The fourth-order valence-corrected chi connectivity index (χ4v) is 3.32. The van der Waals surface area contributed by atoms with Gasteiger partial charge in [-0.1, -0.05) is 6.07 Å². The van der Waals surface area contributed by atoms with Crippen LogP contribution >= 0.6 is 0 Å². The first-order valence-electron chi connectivity index (χ1n) is 9.18. The highest BCUT2D eigenvalue weighted by molar-refractivity contribution is 6.06. The maximum absolute atomic E-state index is 14.4. The molecule has 0 unspecified atom stereocenters. The number of carbonyl (C=O) groups is 1. The zero-order valence-electron chi connectivity index (χ0n) is 14.6. The molecule has 1 aromatic heterocycles. The number of nitrogens with one attached hydrogen (secondary N) is 1. The number of anilines is 2. The lowest BCUT2D eigenvalue weighted by Crippen LogP contribution is -2.25. The molecular formula is C20H22FN3O2. The van der Waals surface area contributed by atoms with Crippen LogP contribution in [0.2, 0.25) is 0 Å². The van der Waals surface area contributed by atoms with E-state index in [1.807, 2.05) is 6.07 Å². The smallest absolute Gasteiger partial charge is 0.256 e. The summed E-state index contributed by atoms with van der Waals surface area (Å²) in [6, 6.07) is 8.12.